The van der Waals surface area contributed by atoms with Gasteiger partial charge in [0.15, 0.2) is 0 Å². The molecule has 0 saturated carbocycles. The number of nitrogens with zero attached hydrogens (tertiary/aromatic N) is 1. The summed E-state index contributed by atoms with van der Waals surface area (Å²) in [5.74, 6) is 0. The van der Waals surface area contributed by atoms with Crippen LogP contribution in [0.2, 0.25) is 5.02 Å². The molecule has 19 heavy (non-hydrogen) atoms. The molecule has 8 heteroatoms. The molecule has 1 heterocycles. The maximum Gasteiger partial charge on any atom is 0.243 e. The molecule has 108 valence electrons. The van der Waals surface area contributed by atoms with E-state index in [1.54, 1.807) is 12.1 Å². The Balaban J connectivity index is 0.00000180. The molecular weight excluding hydrogens is 375 g/mol. The third-order valence-corrected chi connectivity index (χ3v) is 5.94. The van der Waals surface area contributed by atoms with Gasteiger partial charge >= 0.3 is 0 Å². The van der Waals surface area contributed by atoms with E-state index in [4.69, 9.17) is 11.6 Å². The van der Waals surface area contributed by atoms with Gasteiger partial charge in [-0.25, -0.2) is 8.42 Å². The van der Waals surface area contributed by atoms with Gasteiger partial charge in [-0.3, -0.25) is 0 Å². The van der Waals surface area contributed by atoms with Crippen molar-refractivity contribution >= 4 is 50.0 Å². The van der Waals surface area contributed by atoms with Crippen molar-refractivity contribution in [3.05, 3.63) is 27.7 Å². The monoisotopic (exact) mass is 388 g/mol. The zero-order chi connectivity index (χ0) is 13.3. The molecule has 2 rings (SSSR count). The summed E-state index contributed by atoms with van der Waals surface area (Å²) in [7, 11) is -3.43. The van der Waals surface area contributed by atoms with Gasteiger partial charge in [0.1, 0.15) is 0 Å². The number of halogens is 3. The van der Waals surface area contributed by atoms with Crippen LogP contribution < -0.4 is 5.32 Å². The average Bonchev–Trinajstić information content (AvgIpc) is 2.32. The van der Waals surface area contributed by atoms with Gasteiger partial charge in [0.2, 0.25) is 10.0 Å². The minimum absolute atomic E-state index is 0. The van der Waals surface area contributed by atoms with E-state index in [1.807, 2.05) is 6.92 Å². The van der Waals surface area contributed by atoms with Crippen molar-refractivity contribution in [2.45, 2.75) is 17.9 Å². The van der Waals surface area contributed by atoms with Crippen molar-refractivity contribution in [3.63, 3.8) is 0 Å². The molecule has 4 nitrogen and oxygen atoms in total. The summed E-state index contributed by atoms with van der Waals surface area (Å²) in [6.07, 6.45) is 0. The standard InChI is InChI=1S/C11H14BrClN2O2S.ClH/c1-8-7-15(5-4-14-8)18(16,17)9-2-3-11(13)10(12)6-9;/h2-3,6,8,14H,4-5,7H2,1H3;1H/t8-;/m0./s1. The second-order valence-corrected chi connectivity index (χ2v) is 7.49. The molecule has 1 aliphatic rings. The quantitative estimate of drug-likeness (QED) is 0.845. The molecular formula is C11H15BrCl2N2O2S. The highest BCUT2D eigenvalue weighted by Gasteiger charge is 2.28. The van der Waals surface area contributed by atoms with E-state index in [2.05, 4.69) is 21.2 Å². The maximum absolute atomic E-state index is 12.4. The van der Waals surface area contributed by atoms with E-state index in [0.29, 0.717) is 29.1 Å². The van der Waals surface area contributed by atoms with E-state index in [9.17, 15) is 8.42 Å². The lowest BCUT2D eigenvalue weighted by molar-refractivity contribution is 0.310. The molecule has 0 spiro atoms. The molecule has 1 atom stereocenters. The Hall–Kier alpha value is 0.150. The number of sulfonamides is 1. The Labute approximate surface area is 133 Å². The van der Waals surface area contributed by atoms with Crippen LogP contribution in [-0.2, 0) is 10.0 Å². The molecule has 0 aliphatic carbocycles. The third-order valence-electron chi connectivity index (χ3n) is 2.86. The predicted octanol–water partition coefficient (Wildman–Crippen LogP) is 2.51. The van der Waals surface area contributed by atoms with Gasteiger partial charge in [0.05, 0.1) is 9.92 Å². The van der Waals surface area contributed by atoms with E-state index in [1.165, 1.54) is 10.4 Å². The summed E-state index contributed by atoms with van der Waals surface area (Å²) in [5, 5.41) is 3.72. The highest BCUT2D eigenvalue weighted by atomic mass is 79.9. The molecule has 1 fully saturated rings. The minimum atomic E-state index is -3.43. The van der Waals surface area contributed by atoms with Crippen LogP contribution in [-0.4, -0.2) is 38.4 Å². The first-order valence-electron chi connectivity index (χ1n) is 5.60. The Morgan fingerprint density at radius 3 is 2.74 bits per heavy atom. The van der Waals surface area contributed by atoms with Crippen molar-refractivity contribution in [3.8, 4) is 0 Å². The lowest BCUT2D eigenvalue weighted by atomic mass is 10.3. The largest absolute Gasteiger partial charge is 0.312 e. The van der Waals surface area contributed by atoms with Crippen LogP contribution in [0.15, 0.2) is 27.6 Å². The van der Waals surface area contributed by atoms with Gasteiger partial charge in [-0.1, -0.05) is 11.6 Å². The van der Waals surface area contributed by atoms with E-state index < -0.39 is 10.0 Å². The molecule has 0 unspecified atom stereocenters. The molecule has 1 N–H and O–H groups in total. The number of benzene rings is 1. The van der Waals surface area contributed by atoms with Crippen LogP contribution >= 0.6 is 39.9 Å². The summed E-state index contributed by atoms with van der Waals surface area (Å²) in [6.45, 7) is 3.63. The van der Waals surface area contributed by atoms with Crippen LogP contribution in [0.1, 0.15) is 6.92 Å². The van der Waals surface area contributed by atoms with Crippen molar-refractivity contribution < 1.29 is 8.42 Å². The SMILES string of the molecule is C[C@H]1CN(S(=O)(=O)c2ccc(Cl)c(Br)c2)CCN1.Cl. The fourth-order valence-corrected chi connectivity index (χ4v) is 4.11. The van der Waals surface area contributed by atoms with Gasteiger partial charge in [0.25, 0.3) is 0 Å². The van der Waals surface area contributed by atoms with Crippen LogP contribution in [0.5, 0.6) is 0 Å². The van der Waals surface area contributed by atoms with Crippen molar-refractivity contribution in [2.24, 2.45) is 0 Å². The molecule has 0 amide bonds. The second-order valence-electron chi connectivity index (χ2n) is 4.29. The van der Waals surface area contributed by atoms with E-state index in [-0.39, 0.29) is 23.3 Å². The van der Waals surface area contributed by atoms with E-state index >= 15 is 0 Å². The van der Waals surface area contributed by atoms with Gasteiger partial charge in [-0.05, 0) is 41.1 Å². The minimum Gasteiger partial charge on any atom is -0.312 e. The topological polar surface area (TPSA) is 49.4 Å². The summed E-state index contributed by atoms with van der Waals surface area (Å²) in [6, 6.07) is 4.84. The lowest BCUT2D eigenvalue weighted by Crippen LogP contribution is -2.51. The zero-order valence-corrected chi connectivity index (χ0v) is 14.2. The highest BCUT2D eigenvalue weighted by Crippen LogP contribution is 2.27. The molecule has 1 aromatic carbocycles. The van der Waals surface area contributed by atoms with Crippen LogP contribution in [0.25, 0.3) is 0 Å². The first-order valence-corrected chi connectivity index (χ1v) is 8.21. The Morgan fingerprint density at radius 2 is 2.16 bits per heavy atom. The molecule has 0 aromatic heterocycles. The lowest BCUT2D eigenvalue weighted by Gasteiger charge is -2.31. The van der Waals surface area contributed by atoms with Gasteiger partial charge in [0, 0.05) is 30.1 Å². The van der Waals surface area contributed by atoms with Crippen molar-refractivity contribution in [1.82, 2.24) is 9.62 Å². The Kier molecular flexibility index (Phi) is 6.10. The number of hydrogen-bond donors (Lipinski definition) is 1. The molecule has 1 aliphatic heterocycles. The van der Waals surface area contributed by atoms with E-state index in [0.717, 1.165) is 0 Å². The maximum atomic E-state index is 12.4. The number of rotatable bonds is 2. The molecule has 0 bridgehead atoms. The van der Waals surface area contributed by atoms with Crippen molar-refractivity contribution in [1.29, 1.82) is 0 Å². The fraction of sp³-hybridized carbons (Fsp3) is 0.455. The number of hydrogen-bond acceptors (Lipinski definition) is 3. The number of piperazine rings is 1. The Morgan fingerprint density at radius 1 is 1.47 bits per heavy atom. The average molecular weight is 390 g/mol. The number of nitrogens with one attached hydrogen (secondary N) is 1. The normalized spacial score (nSPS) is 20.9. The van der Waals surface area contributed by atoms with Gasteiger partial charge in [-0.2, -0.15) is 4.31 Å². The predicted molar refractivity (Wildman–Crippen MR) is 82.6 cm³/mol. The zero-order valence-electron chi connectivity index (χ0n) is 10.3. The van der Waals surface area contributed by atoms with Crippen LogP contribution in [0.4, 0.5) is 0 Å². The summed E-state index contributed by atoms with van der Waals surface area (Å²) < 4.78 is 27.0. The van der Waals surface area contributed by atoms with Crippen LogP contribution in [0.3, 0.4) is 0 Å². The highest BCUT2D eigenvalue weighted by molar-refractivity contribution is 9.10. The molecule has 1 saturated heterocycles. The first kappa shape index (κ1) is 17.2. The summed E-state index contributed by atoms with van der Waals surface area (Å²) in [4.78, 5) is 0.271. The molecule has 1 aromatic rings. The van der Waals surface area contributed by atoms with Gasteiger partial charge < -0.3 is 5.32 Å². The van der Waals surface area contributed by atoms with Crippen LogP contribution in [0, 0.1) is 0 Å². The second kappa shape index (κ2) is 6.74. The van der Waals surface area contributed by atoms with Gasteiger partial charge in [-0.15, -0.1) is 12.4 Å². The molecule has 0 radical (unpaired) electrons. The summed E-state index contributed by atoms with van der Waals surface area (Å²) >= 11 is 9.12. The smallest absolute Gasteiger partial charge is 0.243 e. The summed E-state index contributed by atoms with van der Waals surface area (Å²) in [5.41, 5.74) is 0. The third kappa shape index (κ3) is 3.83. The first-order chi connectivity index (χ1) is 8.41. The Bertz CT molecular complexity index is 554. The fourth-order valence-electron chi connectivity index (χ4n) is 1.90. The van der Waals surface area contributed by atoms with Crippen molar-refractivity contribution in [2.75, 3.05) is 19.6 Å².